The molecule has 0 unspecified atom stereocenters. The van der Waals surface area contributed by atoms with E-state index in [-0.39, 0.29) is 23.5 Å². The number of nitrogens with one attached hydrogen (secondary N) is 1. The van der Waals surface area contributed by atoms with E-state index in [1.165, 1.54) is 12.1 Å². The zero-order valence-corrected chi connectivity index (χ0v) is 17.7. The fraction of sp³-hybridized carbons (Fsp3) is 0.360. The molecule has 0 bridgehead atoms. The van der Waals surface area contributed by atoms with Crippen LogP contribution in [0.5, 0.6) is 0 Å². The molecule has 1 fully saturated rings. The maximum atomic E-state index is 13.3. The first-order chi connectivity index (χ1) is 15.0. The molecule has 0 saturated heterocycles. The van der Waals surface area contributed by atoms with E-state index in [1.54, 1.807) is 17.0 Å². The minimum Gasteiger partial charge on any atom is -0.358 e. The van der Waals surface area contributed by atoms with Gasteiger partial charge in [0.05, 0.1) is 0 Å². The van der Waals surface area contributed by atoms with Crippen molar-refractivity contribution in [3.8, 4) is 0 Å². The maximum absolute atomic E-state index is 13.3. The second kappa shape index (κ2) is 7.84. The van der Waals surface area contributed by atoms with Gasteiger partial charge in [-0.25, -0.2) is 4.39 Å². The van der Waals surface area contributed by atoms with Crippen LogP contribution in [0.2, 0.25) is 0 Å². The second-order valence-electron chi connectivity index (χ2n) is 8.51. The Hall–Kier alpha value is -3.15. The van der Waals surface area contributed by atoms with Gasteiger partial charge in [-0.3, -0.25) is 9.59 Å². The topological polar surface area (TPSA) is 56.4 Å². The van der Waals surface area contributed by atoms with Crippen LogP contribution in [-0.4, -0.2) is 34.8 Å². The fourth-order valence-electron chi connectivity index (χ4n) is 4.67. The predicted molar refractivity (Wildman–Crippen MR) is 119 cm³/mol. The lowest BCUT2D eigenvalue weighted by atomic mass is 9.84. The van der Waals surface area contributed by atoms with E-state index in [0.29, 0.717) is 24.3 Å². The molecule has 0 atom stereocenters. The number of anilines is 1. The number of hydrogen-bond acceptors (Lipinski definition) is 2. The van der Waals surface area contributed by atoms with Crippen molar-refractivity contribution in [1.29, 1.82) is 0 Å². The third-order valence-corrected chi connectivity index (χ3v) is 6.69. The summed E-state index contributed by atoms with van der Waals surface area (Å²) in [6.45, 7) is 3.73. The van der Waals surface area contributed by atoms with Gasteiger partial charge in [0.15, 0.2) is 0 Å². The molecule has 160 valence electrons. The van der Waals surface area contributed by atoms with Gasteiger partial charge in [-0.15, -0.1) is 0 Å². The lowest BCUT2D eigenvalue weighted by molar-refractivity contribution is -0.139. The van der Waals surface area contributed by atoms with Crippen LogP contribution in [0.25, 0.3) is 10.9 Å². The van der Waals surface area contributed by atoms with Gasteiger partial charge in [0.25, 0.3) is 5.91 Å². The summed E-state index contributed by atoms with van der Waals surface area (Å²) in [6, 6.07) is 11.7. The highest BCUT2D eigenvalue weighted by Gasteiger charge is 2.32. The first-order valence-corrected chi connectivity index (χ1v) is 11.0. The molecule has 2 aliphatic rings. The van der Waals surface area contributed by atoms with Crippen molar-refractivity contribution in [3.05, 3.63) is 65.1 Å². The number of rotatable bonds is 4. The number of aromatic nitrogens is 1. The van der Waals surface area contributed by atoms with Gasteiger partial charge >= 0.3 is 0 Å². The van der Waals surface area contributed by atoms with E-state index < -0.39 is 0 Å². The summed E-state index contributed by atoms with van der Waals surface area (Å²) in [4.78, 5) is 33.1. The smallest absolute Gasteiger partial charge is 0.258 e. The van der Waals surface area contributed by atoms with E-state index in [9.17, 15) is 14.0 Å². The minimum absolute atomic E-state index is 0.121. The monoisotopic (exact) mass is 419 g/mol. The molecule has 1 N–H and O–H groups in total. The van der Waals surface area contributed by atoms with Crippen LogP contribution in [0.3, 0.4) is 0 Å². The Morgan fingerprint density at radius 1 is 1.16 bits per heavy atom. The molecule has 0 spiro atoms. The Labute approximate surface area is 180 Å². The molecule has 5 rings (SSSR count). The molecular formula is C25H26FN3O2. The first-order valence-electron chi connectivity index (χ1n) is 11.0. The van der Waals surface area contributed by atoms with Crippen molar-refractivity contribution >= 4 is 28.4 Å². The number of aromatic amines is 1. The Bertz CT molecular complexity index is 1150. The molecule has 2 aromatic carbocycles. The molecule has 31 heavy (non-hydrogen) atoms. The van der Waals surface area contributed by atoms with Gasteiger partial charge in [-0.1, -0.05) is 6.42 Å². The van der Waals surface area contributed by atoms with Crippen molar-refractivity contribution in [2.45, 2.75) is 39.2 Å². The molecule has 2 amide bonds. The lowest BCUT2D eigenvalue weighted by Gasteiger charge is -2.34. The van der Waals surface area contributed by atoms with Gasteiger partial charge in [0, 0.05) is 65.4 Å². The number of halogens is 1. The van der Waals surface area contributed by atoms with Crippen molar-refractivity contribution in [1.82, 2.24) is 9.88 Å². The minimum atomic E-state index is -0.325. The number of fused-ring (bicyclic) bond motifs is 3. The Balaban J connectivity index is 1.45. The van der Waals surface area contributed by atoms with Gasteiger partial charge in [-0.2, -0.15) is 0 Å². The van der Waals surface area contributed by atoms with Crippen LogP contribution in [0.1, 0.15) is 47.8 Å². The Morgan fingerprint density at radius 3 is 2.61 bits per heavy atom. The van der Waals surface area contributed by atoms with E-state index in [4.69, 9.17) is 0 Å². The largest absolute Gasteiger partial charge is 0.358 e. The number of carbonyl (C=O) groups excluding carboxylic acids is 2. The molecule has 2 heterocycles. The van der Waals surface area contributed by atoms with Gasteiger partial charge in [-0.05, 0) is 62.2 Å². The third kappa shape index (κ3) is 3.50. The highest BCUT2D eigenvalue weighted by molar-refractivity contribution is 6.08. The fourth-order valence-corrected chi connectivity index (χ4v) is 4.67. The predicted octanol–water partition coefficient (Wildman–Crippen LogP) is 4.66. The summed E-state index contributed by atoms with van der Waals surface area (Å²) in [5.41, 5.74) is 4.52. The normalized spacial score (nSPS) is 16.1. The molecule has 1 aromatic heterocycles. The molecule has 3 aromatic rings. The van der Waals surface area contributed by atoms with Gasteiger partial charge in [0.2, 0.25) is 5.91 Å². The molecule has 5 nitrogen and oxygen atoms in total. The summed E-state index contributed by atoms with van der Waals surface area (Å²) in [5.74, 6) is 0.0162. The van der Waals surface area contributed by atoms with Crippen LogP contribution < -0.4 is 4.90 Å². The van der Waals surface area contributed by atoms with Gasteiger partial charge in [0.1, 0.15) is 5.82 Å². The van der Waals surface area contributed by atoms with E-state index in [2.05, 4.69) is 4.98 Å². The Morgan fingerprint density at radius 2 is 1.94 bits per heavy atom. The molecular weight excluding hydrogens is 393 g/mol. The van der Waals surface area contributed by atoms with Crippen LogP contribution in [0, 0.1) is 11.7 Å². The van der Waals surface area contributed by atoms with Crippen LogP contribution in [0.15, 0.2) is 42.5 Å². The molecule has 1 aliphatic carbocycles. The first kappa shape index (κ1) is 19.8. The van der Waals surface area contributed by atoms with Crippen molar-refractivity contribution < 1.29 is 14.0 Å². The third-order valence-electron chi connectivity index (χ3n) is 6.69. The number of nitrogens with zero attached hydrogens (tertiary/aromatic N) is 2. The zero-order chi connectivity index (χ0) is 21.5. The zero-order valence-electron chi connectivity index (χ0n) is 17.7. The number of amides is 2. The standard InChI is InChI=1S/C25H26FN3O2/c1-2-29(19-9-7-18(26)8-10-19)25(31)17-6-11-22-20(14-17)21-15-28(13-12-23(21)27-22)24(30)16-4-3-5-16/h6-11,14,16,27H,2-5,12-13,15H2,1H3. The highest BCUT2D eigenvalue weighted by Crippen LogP contribution is 2.33. The Kier molecular flexibility index (Phi) is 5.00. The lowest BCUT2D eigenvalue weighted by Crippen LogP contribution is -2.41. The highest BCUT2D eigenvalue weighted by atomic mass is 19.1. The van der Waals surface area contributed by atoms with Crippen LogP contribution in [0.4, 0.5) is 10.1 Å². The van der Waals surface area contributed by atoms with Crippen LogP contribution >= 0.6 is 0 Å². The quantitative estimate of drug-likeness (QED) is 0.669. The van der Waals surface area contributed by atoms with E-state index >= 15 is 0 Å². The average molecular weight is 420 g/mol. The van der Waals surface area contributed by atoms with E-state index in [1.807, 2.05) is 30.0 Å². The summed E-state index contributed by atoms with van der Waals surface area (Å²) in [7, 11) is 0. The maximum Gasteiger partial charge on any atom is 0.258 e. The van der Waals surface area contributed by atoms with Crippen molar-refractivity contribution in [3.63, 3.8) is 0 Å². The average Bonchev–Trinajstić information content (AvgIpc) is 3.11. The van der Waals surface area contributed by atoms with Crippen LogP contribution in [-0.2, 0) is 17.8 Å². The number of hydrogen-bond donors (Lipinski definition) is 1. The van der Waals surface area contributed by atoms with Gasteiger partial charge < -0.3 is 14.8 Å². The summed E-state index contributed by atoms with van der Waals surface area (Å²) < 4.78 is 13.3. The van der Waals surface area contributed by atoms with E-state index in [0.717, 1.165) is 54.4 Å². The summed E-state index contributed by atoms with van der Waals surface area (Å²) >= 11 is 0. The number of carbonyl (C=O) groups is 2. The number of benzene rings is 2. The summed E-state index contributed by atoms with van der Waals surface area (Å²) in [6.07, 6.45) is 3.97. The summed E-state index contributed by atoms with van der Waals surface area (Å²) in [5, 5.41) is 1.00. The molecule has 1 aliphatic heterocycles. The molecule has 6 heteroatoms. The van der Waals surface area contributed by atoms with Crippen molar-refractivity contribution in [2.24, 2.45) is 5.92 Å². The SMILES string of the molecule is CCN(C(=O)c1ccc2[nH]c3c(c2c1)CN(C(=O)C1CCC1)CC3)c1ccc(F)cc1. The molecule has 1 saturated carbocycles. The second-order valence-corrected chi connectivity index (χ2v) is 8.51. The number of H-pyrrole nitrogens is 1. The van der Waals surface area contributed by atoms with Crippen molar-refractivity contribution in [2.75, 3.05) is 18.0 Å². The molecule has 0 radical (unpaired) electrons.